The van der Waals surface area contributed by atoms with Gasteiger partial charge in [0, 0.05) is 35.3 Å². The molecule has 5 heteroatoms. The van der Waals surface area contributed by atoms with E-state index < -0.39 is 0 Å². The number of piperidine rings is 1. The summed E-state index contributed by atoms with van der Waals surface area (Å²) in [5.74, 6) is 0.263. The molecule has 2 atom stereocenters. The van der Waals surface area contributed by atoms with Crippen molar-refractivity contribution in [3.05, 3.63) is 22.6 Å². The van der Waals surface area contributed by atoms with Crippen LogP contribution < -0.4 is 10.2 Å². The first-order chi connectivity index (χ1) is 9.17. The smallest absolute Gasteiger partial charge is 0.166 e. The predicted molar refractivity (Wildman–Crippen MR) is 77.9 cm³/mol. The molecule has 1 N–H and O–H groups in total. The van der Waals surface area contributed by atoms with E-state index in [0.29, 0.717) is 28.4 Å². The first-order valence-electron chi connectivity index (χ1n) is 7.01. The van der Waals surface area contributed by atoms with E-state index >= 15 is 0 Å². The number of nitrogens with one attached hydrogen (secondary N) is 1. The Bertz CT molecular complexity index is 456. The SMILES string of the molecule is CCN(c1ncc(Br)cc1F)C1CC2CCC(C1)N2. The molecule has 2 bridgehead atoms. The minimum atomic E-state index is -0.234. The van der Waals surface area contributed by atoms with Crippen molar-refractivity contribution in [2.24, 2.45) is 0 Å². The summed E-state index contributed by atoms with van der Waals surface area (Å²) in [5, 5.41) is 3.63. The average molecular weight is 328 g/mol. The van der Waals surface area contributed by atoms with Crippen molar-refractivity contribution in [1.29, 1.82) is 0 Å². The van der Waals surface area contributed by atoms with Crippen LogP contribution >= 0.6 is 15.9 Å². The molecular formula is C14H19BrFN3. The first kappa shape index (κ1) is 13.3. The summed E-state index contributed by atoms with van der Waals surface area (Å²) in [6, 6.07) is 3.13. The molecule has 1 aromatic rings. The maximum absolute atomic E-state index is 14.1. The number of fused-ring (bicyclic) bond motifs is 2. The Morgan fingerprint density at radius 2 is 2.11 bits per heavy atom. The van der Waals surface area contributed by atoms with Crippen molar-refractivity contribution in [3.8, 4) is 0 Å². The highest BCUT2D eigenvalue weighted by Gasteiger charge is 2.36. The maximum Gasteiger partial charge on any atom is 0.166 e. The molecular weight excluding hydrogens is 309 g/mol. The molecule has 1 aromatic heterocycles. The van der Waals surface area contributed by atoms with Crippen LogP contribution in [0.3, 0.4) is 0 Å². The number of hydrogen-bond donors (Lipinski definition) is 1. The molecule has 2 aliphatic rings. The van der Waals surface area contributed by atoms with Gasteiger partial charge in [-0.3, -0.25) is 0 Å². The highest BCUT2D eigenvalue weighted by Crippen LogP contribution is 2.32. The van der Waals surface area contributed by atoms with Gasteiger partial charge in [-0.05, 0) is 54.6 Å². The van der Waals surface area contributed by atoms with Gasteiger partial charge in [-0.2, -0.15) is 0 Å². The van der Waals surface area contributed by atoms with E-state index in [2.05, 4.69) is 38.1 Å². The van der Waals surface area contributed by atoms with E-state index in [0.717, 1.165) is 19.4 Å². The summed E-state index contributed by atoms with van der Waals surface area (Å²) < 4.78 is 14.8. The molecule has 104 valence electrons. The summed E-state index contributed by atoms with van der Waals surface area (Å²) in [6.45, 7) is 2.88. The number of nitrogens with zero attached hydrogens (tertiary/aromatic N) is 2. The van der Waals surface area contributed by atoms with Gasteiger partial charge < -0.3 is 10.2 Å². The van der Waals surface area contributed by atoms with E-state index in [1.165, 1.54) is 18.9 Å². The number of aromatic nitrogens is 1. The minimum Gasteiger partial charge on any atom is -0.351 e. The fourth-order valence-corrected chi connectivity index (χ4v) is 3.78. The molecule has 2 fully saturated rings. The lowest BCUT2D eigenvalue weighted by Crippen LogP contribution is -2.48. The average Bonchev–Trinajstić information content (AvgIpc) is 2.72. The molecule has 0 spiro atoms. The molecule has 0 aliphatic carbocycles. The second-order valence-electron chi connectivity index (χ2n) is 5.51. The van der Waals surface area contributed by atoms with E-state index in [-0.39, 0.29) is 5.82 Å². The molecule has 2 saturated heterocycles. The standard InChI is InChI=1S/C14H19BrFN3/c1-2-19(14-13(16)5-9(15)8-17-14)12-6-10-3-4-11(7-12)18-10/h5,8,10-12,18H,2-4,6-7H2,1H3. The Hall–Kier alpha value is -0.680. The molecule has 0 aromatic carbocycles. The topological polar surface area (TPSA) is 28.2 Å². The van der Waals surface area contributed by atoms with Crippen LogP contribution in [0.5, 0.6) is 0 Å². The minimum absolute atomic E-state index is 0.234. The Morgan fingerprint density at radius 3 is 2.68 bits per heavy atom. The molecule has 0 saturated carbocycles. The van der Waals surface area contributed by atoms with E-state index in [1.807, 2.05) is 0 Å². The molecule has 0 amide bonds. The molecule has 0 radical (unpaired) electrons. The van der Waals surface area contributed by atoms with Crippen LogP contribution in [0.15, 0.2) is 16.7 Å². The van der Waals surface area contributed by atoms with Gasteiger partial charge >= 0.3 is 0 Å². The lowest BCUT2D eigenvalue weighted by molar-refractivity contribution is 0.346. The molecule has 2 aliphatic heterocycles. The van der Waals surface area contributed by atoms with Crippen LogP contribution in [0, 0.1) is 5.82 Å². The van der Waals surface area contributed by atoms with Gasteiger partial charge in [-0.15, -0.1) is 0 Å². The summed E-state index contributed by atoms with van der Waals surface area (Å²) in [7, 11) is 0. The molecule has 3 rings (SSSR count). The Labute approximate surface area is 121 Å². The maximum atomic E-state index is 14.1. The van der Waals surface area contributed by atoms with Crippen LogP contribution in [-0.4, -0.2) is 29.7 Å². The van der Waals surface area contributed by atoms with Gasteiger partial charge in [-0.25, -0.2) is 9.37 Å². The Balaban J connectivity index is 1.83. The quantitative estimate of drug-likeness (QED) is 0.924. The van der Waals surface area contributed by atoms with Crippen molar-refractivity contribution in [3.63, 3.8) is 0 Å². The highest BCUT2D eigenvalue weighted by molar-refractivity contribution is 9.10. The van der Waals surface area contributed by atoms with Crippen molar-refractivity contribution < 1.29 is 4.39 Å². The van der Waals surface area contributed by atoms with Crippen LogP contribution in [0.1, 0.15) is 32.6 Å². The number of halogens is 2. The van der Waals surface area contributed by atoms with E-state index in [4.69, 9.17) is 0 Å². The Kier molecular flexibility index (Phi) is 3.76. The number of rotatable bonds is 3. The first-order valence-corrected chi connectivity index (χ1v) is 7.80. The van der Waals surface area contributed by atoms with Gasteiger partial charge in [0.05, 0.1) is 0 Å². The zero-order valence-electron chi connectivity index (χ0n) is 11.1. The van der Waals surface area contributed by atoms with Crippen LogP contribution in [0.4, 0.5) is 10.2 Å². The fraction of sp³-hybridized carbons (Fsp3) is 0.643. The molecule has 2 unspecified atom stereocenters. The monoisotopic (exact) mass is 327 g/mol. The molecule has 19 heavy (non-hydrogen) atoms. The van der Waals surface area contributed by atoms with Gasteiger partial charge in [0.1, 0.15) is 0 Å². The van der Waals surface area contributed by atoms with Crippen molar-refractivity contribution >= 4 is 21.7 Å². The lowest BCUT2D eigenvalue weighted by Gasteiger charge is -2.38. The second-order valence-corrected chi connectivity index (χ2v) is 6.42. The van der Waals surface area contributed by atoms with Crippen molar-refractivity contribution in [1.82, 2.24) is 10.3 Å². The second kappa shape index (κ2) is 5.37. The van der Waals surface area contributed by atoms with E-state index in [9.17, 15) is 4.39 Å². The third kappa shape index (κ3) is 2.63. The van der Waals surface area contributed by atoms with Crippen LogP contribution in [-0.2, 0) is 0 Å². The summed E-state index contributed by atoms with van der Waals surface area (Å²) in [6.07, 6.45) is 6.39. The van der Waals surface area contributed by atoms with Crippen molar-refractivity contribution in [2.45, 2.75) is 50.7 Å². The largest absolute Gasteiger partial charge is 0.351 e. The van der Waals surface area contributed by atoms with Crippen LogP contribution in [0.25, 0.3) is 0 Å². The van der Waals surface area contributed by atoms with Gasteiger partial charge in [-0.1, -0.05) is 0 Å². The Morgan fingerprint density at radius 1 is 1.42 bits per heavy atom. The zero-order valence-corrected chi connectivity index (χ0v) is 12.7. The van der Waals surface area contributed by atoms with E-state index in [1.54, 1.807) is 6.20 Å². The summed E-state index contributed by atoms with van der Waals surface area (Å²) in [4.78, 5) is 6.41. The predicted octanol–water partition coefficient (Wildman–Crippen LogP) is 3.09. The molecule has 3 heterocycles. The molecule has 3 nitrogen and oxygen atoms in total. The number of pyridine rings is 1. The summed E-state index contributed by atoms with van der Waals surface area (Å²) >= 11 is 3.26. The van der Waals surface area contributed by atoms with Crippen molar-refractivity contribution in [2.75, 3.05) is 11.4 Å². The summed E-state index contributed by atoms with van der Waals surface area (Å²) in [5.41, 5.74) is 0. The number of anilines is 1. The third-order valence-electron chi connectivity index (χ3n) is 4.29. The number of hydrogen-bond acceptors (Lipinski definition) is 3. The fourth-order valence-electron chi connectivity index (χ4n) is 3.48. The highest BCUT2D eigenvalue weighted by atomic mass is 79.9. The van der Waals surface area contributed by atoms with Gasteiger partial charge in [0.25, 0.3) is 0 Å². The third-order valence-corrected chi connectivity index (χ3v) is 4.72. The van der Waals surface area contributed by atoms with Gasteiger partial charge in [0.15, 0.2) is 11.6 Å². The normalized spacial score (nSPS) is 29.5. The van der Waals surface area contributed by atoms with Gasteiger partial charge in [0.2, 0.25) is 0 Å². The lowest BCUT2D eigenvalue weighted by atomic mass is 9.98. The zero-order chi connectivity index (χ0) is 13.4. The van der Waals surface area contributed by atoms with Crippen LogP contribution in [0.2, 0.25) is 0 Å².